The molecule has 5 heteroatoms. The van der Waals surface area contributed by atoms with Crippen molar-refractivity contribution in [2.24, 2.45) is 5.41 Å². The van der Waals surface area contributed by atoms with Gasteiger partial charge in [-0.1, -0.05) is 33.1 Å². The van der Waals surface area contributed by atoms with E-state index in [9.17, 15) is 9.59 Å². The number of rotatable bonds is 9. The number of hydrogen-bond donors (Lipinski definition) is 3. The number of urea groups is 1. The molecule has 19 heavy (non-hydrogen) atoms. The Bertz CT molecular complexity index is 290. The minimum atomic E-state index is -0.943. The van der Waals surface area contributed by atoms with E-state index in [2.05, 4.69) is 24.5 Å². The lowest BCUT2D eigenvalue weighted by Crippen LogP contribution is -2.46. The molecule has 0 radical (unpaired) electrons. The summed E-state index contributed by atoms with van der Waals surface area (Å²) in [6.07, 6.45) is 5.15. The van der Waals surface area contributed by atoms with Crippen LogP contribution in [0.3, 0.4) is 0 Å². The first-order chi connectivity index (χ1) is 8.83. The molecule has 0 aliphatic heterocycles. The molecule has 0 saturated heterocycles. The minimum absolute atomic E-state index is 0.126. The molecule has 0 saturated carbocycles. The molecule has 0 aliphatic carbocycles. The molecule has 0 rings (SSSR count). The zero-order valence-electron chi connectivity index (χ0n) is 12.6. The third kappa shape index (κ3) is 7.70. The van der Waals surface area contributed by atoms with Gasteiger partial charge in [-0.15, -0.1) is 0 Å². The monoisotopic (exact) mass is 272 g/mol. The van der Waals surface area contributed by atoms with Gasteiger partial charge in [-0.25, -0.2) is 4.79 Å². The van der Waals surface area contributed by atoms with E-state index in [1.54, 1.807) is 13.8 Å². The maximum atomic E-state index is 11.7. The van der Waals surface area contributed by atoms with Crippen molar-refractivity contribution in [2.75, 3.05) is 6.54 Å². The van der Waals surface area contributed by atoms with Crippen molar-refractivity contribution in [1.82, 2.24) is 10.6 Å². The van der Waals surface area contributed by atoms with Gasteiger partial charge in [-0.05, 0) is 26.7 Å². The summed E-state index contributed by atoms with van der Waals surface area (Å²) in [7, 11) is 0. The van der Waals surface area contributed by atoms with Crippen LogP contribution in [0.5, 0.6) is 0 Å². The Hall–Kier alpha value is -1.26. The first kappa shape index (κ1) is 17.7. The van der Waals surface area contributed by atoms with Crippen LogP contribution in [0, 0.1) is 5.41 Å². The fourth-order valence-corrected chi connectivity index (χ4v) is 1.70. The quantitative estimate of drug-likeness (QED) is 0.604. The van der Waals surface area contributed by atoms with Crippen LogP contribution in [0.2, 0.25) is 0 Å². The largest absolute Gasteiger partial charge is 0.481 e. The summed E-state index contributed by atoms with van der Waals surface area (Å²) >= 11 is 0. The maximum absolute atomic E-state index is 11.7. The van der Waals surface area contributed by atoms with Gasteiger partial charge in [0.1, 0.15) is 0 Å². The van der Waals surface area contributed by atoms with Gasteiger partial charge in [0.2, 0.25) is 0 Å². The van der Waals surface area contributed by atoms with E-state index in [0.717, 1.165) is 32.1 Å². The molecular weight excluding hydrogens is 244 g/mol. The highest BCUT2D eigenvalue weighted by Crippen LogP contribution is 2.13. The lowest BCUT2D eigenvalue weighted by atomic mass is 9.94. The summed E-state index contributed by atoms with van der Waals surface area (Å²) in [6.45, 7) is 7.53. The number of amides is 2. The van der Waals surface area contributed by atoms with Gasteiger partial charge in [-0.3, -0.25) is 4.79 Å². The summed E-state index contributed by atoms with van der Waals surface area (Å²) in [5, 5.41) is 14.5. The highest BCUT2D eigenvalue weighted by molar-refractivity contribution is 5.77. The summed E-state index contributed by atoms with van der Waals surface area (Å²) < 4.78 is 0. The average Bonchev–Trinajstić information content (AvgIpc) is 2.33. The molecule has 0 aromatic carbocycles. The topological polar surface area (TPSA) is 78.4 Å². The van der Waals surface area contributed by atoms with Crippen LogP contribution >= 0.6 is 0 Å². The van der Waals surface area contributed by atoms with Crippen molar-refractivity contribution in [1.29, 1.82) is 0 Å². The van der Waals surface area contributed by atoms with Gasteiger partial charge in [0.15, 0.2) is 0 Å². The van der Waals surface area contributed by atoms with Crippen LogP contribution in [0.15, 0.2) is 0 Å². The highest BCUT2D eigenvalue weighted by Gasteiger charge is 2.27. The lowest BCUT2D eigenvalue weighted by molar-refractivity contribution is -0.146. The smallest absolute Gasteiger partial charge is 0.315 e. The van der Waals surface area contributed by atoms with Crippen LogP contribution in [0.1, 0.15) is 59.8 Å². The molecule has 5 nitrogen and oxygen atoms in total. The van der Waals surface area contributed by atoms with E-state index in [1.165, 1.54) is 0 Å². The first-order valence-electron chi connectivity index (χ1n) is 7.11. The van der Waals surface area contributed by atoms with E-state index in [-0.39, 0.29) is 18.6 Å². The van der Waals surface area contributed by atoms with E-state index < -0.39 is 11.4 Å². The normalized spacial score (nSPS) is 12.8. The predicted octanol–water partition coefficient (Wildman–Crippen LogP) is 2.76. The van der Waals surface area contributed by atoms with Crippen molar-refractivity contribution in [3.8, 4) is 0 Å². The second-order valence-electron chi connectivity index (χ2n) is 5.64. The Labute approximate surface area is 116 Å². The molecule has 0 aliphatic rings. The molecule has 0 aromatic heterocycles. The number of aliphatic carboxylic acids is 1. The Morgan fingerprint density at radius 1 is 1.16 bits per heavy atom. The third-order valence-corrected chi connectivity index (χ3v) is 3.15. The number of carbonyl (C=O) groups is 2. The summed E-state index contributed by atoms with van der Waals surface area (Å²) in [6, 6.07) is -0.0956. The minimum Gasteiger partial charge on any atom is -0.481 e. The summed E-state index contributed by atoms with van der Waals surface area (Å²) in [5.41, 5.74) is -0.943. The molecule has 1 atom stereocenters. The number of hydrogen-bond acceptors (Lipinski definition) is 2. The van der Waals surface area contributed by atoms with Gasteiger partial charge in [0.05, 0.1) is 5.41 Å². The zero-order chi connectivity index (χ0) is 14.9. The molecule has 0 heterocycles. The van der Waals surface area contributed by atoms with Crippen molar-refractivity contribution in [3.05, 3.63) is 0 Å². The first-order valence-corrected chi connectivity index (χ1v) is 7.11. The predicted molar refractivity (Wildman–Crippen MR) is 76.2 cm³/mol. The lowest BCUT2D eigenvalue weighted by Gasteiger charge is -2.22. The number of carbonyl (C=O) groups excluding carboxylic acids is 1. The molecule has 0 bridgehead atoms. The maximum Gasteiger partial charge on any atom is 0.315 e. The van der Waals surface area contributed by atoms with E-state index in [4.69, 9.17) is 5.11 Å². The van der Waals surface area contributed by atoms with Gasteiger partial charge in [0, 0.05) is 12.6 Å². The van der Waals surface area contributed by atoms with E-state index in [1.807, 2.05) is 0 Å². The number of unbranched alkanes of at least 4 members (excludes halogenated alkanes) is 1. The second-order valence-corrected chi connectivity index (χ2v) is 5.64. The second kappa shape index (κ2) is 8.77. The van der Waals surface area contributed by atoms with Crippen LogP contribution in [0.25, 0.3) is 0 Å². The Balaban J connectivity index is 4.15. The Kier molecular flexibility index (Phi) is 8.19. The van der Waals surface area contributed by atoms with Crippen LogP contribution < -0.4 is 10.6 Å². The van der Waals surface area contributed by atoms with Crippen molar-refractivity contribution in [3.63, 3.8) is 0 Å². The van der Waals surface area contributed by atoms with Gasteiger partial charge in [-0.2, -0.15) is 0 Å². The summed E-state index contributed by atoms with van der Waals surface area (Å²) in [4.78, 5) is 22.7. The zero-order valence-corrected chi connectivity index (χ0v) is 12.6. The highest BCUT2D eigenvalue weighted by atomic mass is 16.4. The average molecular weight is 272 g/mol. The molecule has 0 fully saturated rings. The molecule has 3 N–H and O–H groups in total. The van der Waals surface area contributed by atoms with Crippen molar-refractivity contribution >= 4 is 12.0 Å². The van der Waals surface area contributed by atoms with Gasteiger partial charge >= 0.3 is 12.0 Å². The molecule has 112 valence electrons. The standard InChI is InChI=1S/C14H28N2O3/c1-5-7-9-11(8-6-2)16-13(19)15-10-14(3,4)12(17)18/h11H,5-10H2,1-4H3,(H,17,18)(H2,15,16,19). The molecule has 0 spiro atoms. The third-order valence-electron chi connectivity index (χ3n) is 3.15. The van der Waals surface area contributed by atoms with E-state index in [0.29, 0.717) is 0 Å². The molecule has 1 unspecified atom stereocenters. The SMILES string of the molecule is CCCCC(CCC)NC(=O)NCC(C)(C)C(=O)O. The Morgan fingerprint density at radius 2 is 1.79 bits per heavy atom. The fourth-order valence-electron chi connectivity index (χ4n) is 1.70. The van der Waals surface area contributed by atoms with Gasteiger partial charge in [0.25, 0.3) is 0 Å². The molecule has 2 amide bonds. The molecular formula is C14H28N2O3. The van der Waals surface area contributed by atoms with Gasteiger partial charge < -0.3 is 15.7 Å². The van der Waals surface area contributed by atoms with Crippen LogP contribution in [0.4, 0.5) is 4.79 Å². The number of nitrogens with one attached hydrogen (secondary N) is 2. The van der Waals surface area contributed by atoms with Crippen LogP contribution in [-0.4, -0.2) is 29.7 Å². The Morgan fingerprint density at radius 3 is 2.26 bits per heavy atom. The molecule has 0 aromatic rings. The van der Waals surface area contributed by atoms with Crippen molar-refractivity contribution < 1.29 is 14.7 Å². The summed E-state index contributed by atoms with van der Waals surface area (Å²) in [5.74, 6) is -0.913. The fraction of sp³-hybridized carbons (Fsp3) is 0.857. The number of carboxylic acid groups (broad SMARTS) is 1. The van der Waals surface area contributed by atoms with E-state index >= 15 is 0 Å². The van der Waals surface area contributed by atoms with Crippen molar-refractivity contribution in [2.45, 2.75) is 65.8 Å². The number of carboxylic acids is 1. The van der Waals surface area contributed by atoms with Crippen LogP contribution in [-0.2, 0) is 4.79 Å².